The molecule has 0 bridgehead atoms. The minimum Gasteiger partial charge on any atom is -0.398 e. The van der Waals surface area contributed by atoms with E-state index in [0.29, 0.717) is 11.4 Å². The lowest BCUT2D eigenvalue weighted by Crippen LogP contribution is -2.01. The summed E-state index contributed by atoms with van der Waals surface area (Å²) in [6, 6.07) is 5.49. The molecule has 0 atom stereocenters. The molecule has 15 heavy (non-hydrogen) atoms. The molecule has 2 rings (SSSR count). The third-order valence-electron chi connectivity index (χ3n) is 2.37. The maximum atomic E-state index is 5.91. The van der Waals surface area contributed by atoms with Gasteiger partial charge >= 0.3 is 0 Å². The van der Waals surface area contributed by atoms with Gasteiger partial charge in [-0.15, -0.1) is 0 Å². The number of halogens is 1. The summed E-state index contributed by atoms with van der Waals surface area (Å²) in [5.41, 5.74) is 7.62. The van der Waals surface area contributed by atoms with E-state index in [9.17, 15) is 0 Å². The second-order valence-corrected chi connectivity index (χ2v) is 3.91. The quantitative estimate of drug-likeness (QED) is 0.791. The topological polar surface area (TPSA) is 43.8 Å². The van der Waals surface area contributed by atoms with Gasteiger partial charge < -0.3 is 10.3 Å². The van der Waals surface area contributed by atoms with Gasteiger partial charge in [0.15, 0.2) is 0 Å². The van der Waals surface area contributed by atoms with Crippen molar-refractivity contribution in [2.24, 2.45) is 7.05 Å². The largest absolute Gasteiger partial charge is 0.398 e. The Bertz CT molecular complexity index is 476. The number of nitrogen functional groups attached to an aromatic ring is 1. The average molecular weight is 222 g/mol. The fourth-order valence-electron chi connectivity index (χ4n) is 1.46. The van der Waals surface area contributed by atoms with Crippen molar-refractivity contribution in [2.75, 3.05) is 5.73 Å². The first kappa shape index (κ1) is 10.1. The zero-order valence-electron chi connectivity index (χ0n) is 8.44. The molecule has 2 N–H and O–H groups in total. The first-order valence-corrected chi connectivity index (χ1v) is 5.04. The van der Waals surface area contributed by atoms with Crippen LogP contribution in [0.4, 0.5) is 5.69 Å². The van der Waals surface area contributed by atoms with E-state index in [4.69, 9.17) is 17.3 Å². The molecule has 0 aliphatic heterocycles. The van der Waals surface area contributed by atoms with Crippen LogP contribution in [0.2, 0.25) is 5.02 Å². The Balaban J connectivity index is 2.32. The molecule has 1 aromatic heterocycles. The second-order valence-electron chi connectivity index (χ2n) is 3.47. The highest BCUT2D eigenvalue weighted by Gasteiger charge is 2.05. The van der Waals surface area contributed by atoms with Crippen molar-refractivity contribution in [3.8, 4) is 0 Å². The predicted octanol–water partition coefficient (Wildman–Crippen LogP) is 2.25. The fraction of sp³-hybridized carbons (Fsp3) is 0.182. The summed E-state index contributed by atoms with van der Waals surface area (Å²) in [5.74, 6) is 0.976. The number of nitrogens with zero attached hydrogens (tertiary/aromatic N) is 2. The number of aryl methyl sites for hydroxylation is 1. The molecule has 0 radical (unpaired) electrons. The molecule has 2 aromatic rings. The Labute approximate surface area is 93.5 Å². The SMILES string of the molecule is Cn1ccnc1Cc1cc(Cl)ccc1N. The molecule has 0 saturated heterocycles. The van der Waals surface area contributed by atoms with Gasteiger partial charge in [0.1, 0.15) is 5.82 Å². The number of anilines is 1. The number of hydrogen-bond acceptors (Lipinski definition) is 2. The van der Waals surface area contributed by atoms with E-state index in [0.717, 1.165) is 17.1 Å². The van der Waals surface area contributed by atoms with Gasteiger partial charge in [0, 0.05) is 36.6 Å². The third kappa shape index (κ3) is 2.13. The summed E-state index contributed by atoms with van der Waals surface area (Å²) in [5, 5.41) is 0.702. The summed E-state index contributed by atoms with van der Waals surface area (Å²) in [4.78, 5) is 4.25. The Morgan fingerprint density at radius 3 is 2.93 bits per heavy atom. The molecule has 78 valence electrons. The van der Waals surface area contributed by atoms with E-state index in [1.54, 1.807) is 12.3 Å². The molecule has 0 amide bonds. The summed E-state index contributed by atoms with van der Waals surface area (Å²) in [6.07, 6.45) is 4.39. The molecular weight excluding hydrogens is 210 g/mol. The Hall–Kier alpha value is -1.48. The normalized spacial score (nSPS) is 10.5. The van der Waals surface area contributed by atoms with E-state index >= 15 is 0 Å². The van der Waals surface area contributed by atoms with Crippen LogP contribution < -0.4 is 5.73 Å². The highest BCUT2D eigenvalue weighted by atomic mass is 35.5. The lowest BCUT2D eigenvalue weighted by atomic mass is 10.1. The van der Waals surface area contributed by atoms with Gasteiger partial charge in [0.05, 0.1) is 0 Å². The van der Waals surface area contributed by atoms with Crippen molar-refractivity contribution in [2.45, 2.75) is 6.42 Å². The van der Waals surface area contributed by atoms with Crippen LogP contribution in [0, 0.1) is 0 Å². The standard InChI is InChI=1S/C11H12ClN3/c1-15-5-4-14-11(15)7-8-6-9(12)2-3-10(8)13/h2-6H,7,13H2,1H3. The van der Waals surface area contributed by atoms with E-state index in [1.165, 1.54) is 0 Å². The zero-order valence-corrected chi connectivity index (χ0v) is 9.20. The Kier molecular flexibility index (Phi) is 2.64. The molecule has 0 saturated carbocycles. The number of nitrogens with two attached hydrogens (primary N) is 1. The van der Waals surface area contributed by atoms with Crippen LogP contribution in [0.15, 0.2) is 30.6 Å². The van der Waals surface area contributed by atoms with E-state index in [1.807, 2.05) is 29.9 Å². The van der Waals surface area contributed by atoms with Crippen LogP contribution in [0.1, 0.15) is 11.4 Å². The van der Waals surface area contributed by atoms with E-state index < -0.39 is 0 Å². The van der Waals surface area contributed by atoms with E-state index in [-0.39, 0.29) is 0 Å². The van der Waals surface area contributed by atoms with Crippen LogP contribution in [-0.4, -0.2) is 9.55 Å². The van der Waals surface area contributed by atoms with Crippen LogP contribution in [0.3, 0.4) is 0 Å². The number of imidazole rings is 1. The number of benzene rings is 1. The number of aromatic nitrogens is 2. The van der Waals surface area contributed by atoms with Crippen molar-refractivity contribution >= 4 is 17.3 Å². The lowest BCUT2D eigenvalue weighted by Gasteiger charge is -2.06. The fourth-order valence-corrected chi connectivity index (χ4v) is 1.66. The van der Waals surface area contributed by atoms with Gasteiger partial charge in [-0.2, -0.15) is 0 Å². The highest BCUT2D eigenvalue weighted by molar-refractivity contribution is 6.30. The van der Waals surface area contributed by atoms with Crippen LogP contribution >= 0.6 is 11.6 Å². The molecule has 0 spiro atoms. The molecule has 3 nitrogen and oxygen atoms in total. The average Bonchev–Trinajstić information content (AvgIpc) is 2.58. The van der Waals surface area contributed by atoms with Gasteiger partial charge in [-0.3, -0.25) is 0 Å². The molecule has 1 heterocycles. The predicted molar refractivity (Wildman–Crippen MR) is 61.9 cm³/mol. The highest BCUT2D eigenvalue weighted by Crippen LogP contribution is 2.20. The van der Waals surface area contributed by atoms with Crippen molar-refractivity contribution in [1.82, 2.24) is 9.55 Å². The van der Waals surface area contributed by atoms with Crippen molar-refractivity contribution < 1.29 is 0 Å². The van der Waals surface area contributed by atoms with Gasteiger partial charge in [0.2, 0.25) is 0 Å². The first-order valence-electron chi connectivity index (χ1n) is 4.67. The van der Waals surface area contributed by atoms with Crippen molar-refractivity contribution in [1.29, 1.82) is 0 Å². The maximum absolute atomic E-state index is 5.91. The summed E-state index contributed by atoms with van der Waals surface area (Å²) in [7, 11) is 1.96. The monoisotopic (exact) mass is 221 g/mol. The van der Waals surface area contributed by atoms with Crippen LogP contribution in [0.5, 0.6) is 0 Å². The van der Waals surface area contributed by atoms with Crippen molar-refractivity contribution in [3.63, 3.8) is 0 Å². The van der Waals surface area contributed by atoms with Crippen LogP contribution in [-0.2, 0) is 13.5 Å². The summed E-state index contributed by atoms with van der Waals surface area (Å²) in [6.45, 7) is 0. The third-order valence-corrected chi connectivity index (χ3v) is 2.61. The molecule has 1 aromatic carbocycles. The number of rotatable bonds is 2. The summed E-state index contributed by atoms with van der Waals surface area (Å²) >= 11 is 5.91. The molecule has 0 fully saturated rings. The molecule has 4 heteroatoms. The van der Waals surface area contributed by atoms with Crippen LogP contribution in [0.25, 0.3) is 0 Å². The Morgan fingerprint density at radius 2 is 2.27 bits per heavy atom. The van der Waals surface area contributed by atoms with Gasteiger partial charge in [-0.25, -0.2) is 4.98 Å². The lowest BCUT2D eigenvalue weighted by molar-refractivity contribution is 0.822. The molecule has 0 aliphatic rings. The van der Waals surface area contributed by atoms with Gasteiger partial charge in [-0.1, -0.05) is 11.6 Å². The second kappa shape index (κ2) is 3.95. The number of hydrogen-bond donors (Lipinski definition) is 1. The van der Waals surface area contributed by atoms with Crippen molar-refractivity contribution in [3.05, 3.63) is 47.0 Å². The van der Waals surface area contributed by atoms with Gasteiger partial charge in [-0.05, 0) is 23.8 Å². The summed E-state index contributed by atoms with van der Waals surface area (Å²) < 4.78 is 1.97. The Morgan fingerprint density at radius 1 is 1.47 bits per heavy atom. The molecule has 0 unspecified atom stereocenters. The first-order chi connectivity index (χ1) is 7.16. The molecule has 0 aliphatic carbocycles. The molecular formula is C11H12ClN3. The van der Waals surface area contributed by atoms with Gasteiger partial charge in [0.25, 0.3) is 0 Å². The zero-order chi connectivity index (χ0) is 10.8. The van der Waals surface area contributed by atoms with E-state index in [2.05, 4.69) is 4.98 Å². The maximum Gasteiger partial charge on any atom is 0.112 e. The minimum absolute atomic E-state index is 0.702. The smallest absolute Gasteiger partial charge is 0.112 e. The minimum atomic E-state index is 0.702.